The summed E-state index contributed by atoms with van der Waals surface area (Å²) in [6, 6.07) is 0. The van der Waals surface area contributed by atoms with Gasteiger partial charge in [0.2, 0.25) is 0 Å². The van der Waals surface area contributed by atoms with Crippen molar-refractivity contribution >= 4 is 5.84 Å². The second kappa shape index (κ2) is 6.04. The number of hydrogen-bond acceptors (Lipinski definition) is 2. The molecule has 0 radical (unpaired) electrons. The van der Waals surface area contributed by atoms with Gasteiger partial charge in [-0.15, -0.1) is 0 Å². The highest BCUT2D eigenvalue weighted by Gasteiger charge is 1.83. The predicted octanol–water partition coefficient (Wildman–Crippen LogP) is 0.481. The van der Waals surface area contributed by atoms with Crippen LogP contribution in [0.3, 0.4) is 0 Å². The third kappa shape index (κ3) is 3.86. The molecule has 0 bridgehead atoms. The van der Waals surface area contributed by atoms with E-state index in [1.54, 1.807) is 20.2 Å². The molecule has 0 aliphatic heterocycles. The molecule has 0 aromatic heterocycles. The summed E-state index contributed by atoms with van der Waals surface area (Å²) < 4.78 is 0. The highest BCUT2D eigenvalue weighted by molar-refractivity contribution is 5.92. The first-order chi connectivity index (χ1) is 4.85. The minimum atomic E-state index is 0.780. The summed E-state index contributed by atoms with van der Waals surface area (Å²) in [7, 11) is 3.50. The summed E-state index contributed by atoms with van der Waals surface area (Å²) in [4.78, 5) is 3.92. The molecule has 0 spiro atoms. The van der Waals surface area contributed by atoms with E-state index in [1.165, 1.54) is 0 Å². The number of nitrogens with zero attached hydrogens (tertiary/aromatic N) is 1. The van der Waals surface area contributed by atoms with Crippen molar-refractivity contribution in [2.45, 2.75) is 0 Å². The van der Waals surface area contributed by atoms with Gasteiger partial charge in [-0.3, -0.25) is 4.99 Å². The van der Waals surface area contributed by atoms with Crippen LogP contribution in [0.15, 0.2) is 29.8 Å². The number of amidine groups is 1. The normalized spacial score (nSPS) is 12.0. The lowest BCUT2D eigenvalue weighted by atomic mass is 10.4. The average Bonchev–Trinajstić information content (AvgIpc) is 1.98. The predicted molar refractivity (Wildman–Crippen MR) is 44.9 cm³/mol. The molecule has 2 N–H and O–H groups in total. The summed E-state index contributed by atoms with van der Waals surface area (Å²) in [5, 5.41) is 0. The number of hydrazine groups is 1. The summed E-state index contributed by atoms with van der Waals surface area (Å²) in [6.07, 6.45) is 5.33. The number of allylic oxidation sites excluding steroid dienone is 2. The van der Waals surface area contributed by atoms with Crippen molar-refractivity contribution in [2.75, 3.05) is 14.1 Å². The van der Waals surface area contributed by atoms with E-state index in [1.807, 2.05) is 12.2 Å². The number of aliphatic imine (C=N–C) groups is 1. The monoisotopic (exact) mass is 139 g/mol. The Hall–Kier alpha value is -1.09. The van der Waals surface area contributed by atoms with Crippen molar-refractivity contribution in [1.82, 2.24) is 10.9 Å². The molecule has 0 saturated heterocycles. The van der Waals surface area contributed by atoms with Crippen molar-refractivity contribution in [3.8, 4) is 0 Å². The number of rotatable bonds is 3. The molecule has 0 aliphatic rings. The molecule has 0 atom stereocenters. The Kier molecular flexibility index (Phi) is 5.38. The fourth-order valence-corrected chi connectivity index (χ4v) is 0.459. The van der Waals surface area contributed by atoms with E-state index in [0.29, 0.717) is 0 Å². The molecule has 0 rings (SSSR count). The first-order valence-electron chi connectivity index (χ1n) is 3.03. The van der Waals surface area contributed by atoms with Crippen LogP contribution >= 0.6 is 0 Å². The molecular weight excluding hydrogens is 126 g/mol. The van der Waals surface area contributed by atoms with Crippen molar-refractivity contribution in [2.24, 2.45) is 4.99 Å². The van der Waals surface area contributed by atoms with Crippen LogP contribution in [0.2, 0.25) is 0 Å². The molecule has 0 unspecified atom stereocenters. The number of hydrogen-bond donors (Lipinski definition) is 2. The van der Waals surface area contributed by atoms with Gasteiger partial charge in [-0.25, -0.2) is 5.43 Å². The first kappa shape index (κ1) is 8.91. The largest absolute Gasteiger partial charge is 0.306 e. The zero-order valence-corrected chi connectivity index (χ0v) is 6.39. The smallest absolute Gasteiger partial charge is 0.134 e. The van der Waals surface area contributed by atoms with E-state index < -0.39 is 0 Å². The molecule has 0 amide bonds. The van der Waals surface area contributed by atoms with Gasteiger partial charge in [0.15, 0.2) is 0 Å². The molecule has 0 aromatic rings. The summed E-state index contributed by atoms with van der Waals surface area (Å²) in [5.74, 6) is 0.780. The quantitative estimate of drug-likeness (QED) is 0.258. The van der Waals surface area contributed by atoms with Crippen LogP contribution in [0.25, 0.3) is 0 Å². The van der Waals surface area contributed by atoms with Crippen LogP contribution in [-0.2, 0) is 0 Å². The third-order valence-electron chi connectivity index (χ3n) is 0.884. The van der Waals surface area contributed by atoms with Gasteiger partial charge < -0.3 is 5.43 Å². The molecule has 0 aliphatic carbocycles. The van der Waals surface area contributed by atoms with Gasteiger partial charge in [0.1, 0.15) is 5.84 Å². The average molecular weight is 139 g/mol. The van der Waals surface area contributed by atoms with E-state index in [-0.39, 0.29) is 0 Å². The fraction of sp³-hybridized carbons (Fsp3) is 0.286. The van der Waals surface area contributed by atoms with Crippen molar-refractivity contribution in [3.05, 3.63) is 24.8 Å². The second-order valence-electron chi connectivity index (χ2n) is 1.58. The van der Waals surface area contributed by atoms with E-state index in [4.69, 9.17) is 0 Å². The van der Waals surface area contributed by atoms with Crippen LogP contribution in [0.1, 0.15) is 0 Å². The van der Waals surface area contributed by atoms with E-state index >= 15 is 0 Å². The van der Waals surface area contributed by atoms with Crippen molar-refractivity contribution < 1.29 is 0 Å². The molecule has 0 aromatic carbocycles. The molecule has 0 saturated carbocycles. The minimum absolute atomic E-state index is 0.780. The molecule has 3 heteroatoms. The maximum absolute atomic E-state index is 3.92. The molecule has 10 heavy (non-hydrogen) atoms. The Labute approximate surface area is 61.5 Å². The Morgan fingerprint density at radius 3 is 2.70 bits per heavy atom. The lowest BCUT2D eigenvalue weighted by molar-refractivity contribution is 0.769. The highest BCUT2D eigenvalue weighted by Crippen LogP contribution is 1.75. The molecule has 0 heterocycles. The Morgan fingerprint density at radius 2 is 2.30 bits per heavy atom. The zero-order valence-electron chi connectivity index (χ0n) is 6.39. The van der Waals surface area contributed by atoms with Gasteiger partial charge in [0.25, 0.3) is 0 Å². The Balaban J connectivity index is 3.84. The molecule has 3 nitrogen and oxygen atoms in total. The van der Waals surface area contributed by atoms with Crippen LogP contribution < -0.4 is 10.9 Å². The molecule has 56 valence electrons. The molecule has 0 fully saturated rings. The Bertz CT molecular complexity index is 147. The zero-order chi connectivity index (χ0) is 7.82. The van der Waals surface area contributed by atoms with E-state index in [0.717, 1.165) is 5.84 Å². The van der Waals surface area contributed by atoms with Crippen molar-refractivity contribution in [1.29, 1.82) is 0 Å². The lowest BCUT2D eigenvalue weighted by Crippen LogP contribution is -2.32. The van der Waals surface area contributed by atoms with Crippen LogP contribution in [0, 0.1) is 0 Å². The molecular formula is C7H13N3. The van der Waals surface area contributed by atoms with Crippen LogP contribution in [-0.4, -0.2) is 19.9 Å². The lowest BCUT2D eigenvalue weighted by Gasteiger charge is -2.00. The second-order valence-corrected chi connectivity index (χ2v) is 1.58. The number of nitrogens with one attached hydrogen (secondary N) is 2. The first-order valence-corrected chi connectivity index (χ1v) is 3.03. The van der Waals surface area contributed by atoms with Gasteiger partial charge in [-0.2, -0.15) is 0 Å². The van der Waals surface area contributed by atoms with Crippen LogP contribution in [0.5, 0.6) is 0 Å². The highest BCUT2D eigenvalue weighted by atomic mass is 15.4. The van der Waals surface area contributed by atoms with E-state index in [2.05, 4.69) is 22.4 Å². The summed E-state index contributed by atoms with van der Waals surface area (Å²) >= 11 is 0. The topological polar surface area (TPSA) is 36.4 Å². The fourth-order valence-electron chi connectivity index (χ4n) is 0.459. The summed E-state index contributed by atoms with van der Waals surface area (Å²) in [5.41, 5.74) is 5.59. The van der Waals surface area contributed by atoms with Crippen LogP contribution in [0.4, 0.5) is 0 Å². The van der Waals surface area contributed by atoms with Crippen molar-refractivity contribution in [3.63, 3.8) is 0 Å². The van der Waals surface area contributed by atoms with Gasteiger partial charge in [-0.05, 0) is 6.08 Å². The Morgan fingerprint density at radius 1 is 1.60 bits per heavy atom. The van der Waals surface area contributed by atoms with Gasteiger partial charge in [-0.1, -0.05) is 18.7 Å². The van der Waals surface area contributed by atoms with E-state index in [9.17, 15) is 0 Å². The third-order valence-corrected chi connectivity index (χ3v) is 0.884. The maximum atomic E-state index is 3.92. The van der Waals surface area contributed by atoms with Gasteiger partial charge >= 0.3 is 0 Å². The maximum Gasteiger partial charge on any atom is 0.134 e. The summed E-state index contributed by atoms with van der Waals surface area (Å²) in [6.45, 7) is 3.54. The van der Waals surface area contributed by atoms with Gasteiger partial charge in [0, 0.05) is 14.1 Å². The standard InChI is InChI=1S/C7H13N3/c1-4-5-6-7(8-2)10-9-3/h4-6,9H,1H2,2-3H3,(H,8,10)/b6-5-. The minimum Gasteiger partial charge on any atom is -0.306 e. The SMILES string of the molecule is C=C/C=C\C(=NC)NNC. The van der Waals surface area contributed by atoms with Gasteiger partial charge in [0.05, 0.1) is 0 Å².